The summed E-state index contributed by atoms with van der Waals surface area (Å²) < 4.78 is 32.8. The summed E-state index contributed by atoms with van der Waals surface area (Å²) in [6, 6.07) is 4.21. The first-order valence-corrected chi connectivity index (χ1v) is 9.37. The van der Waals surface area contributed by atoms with Gasteiger partial charge in [0.2, 0.25) is 10.0 Å². The molecule has 7 heteroatoms. The molecule has 20 heavy (non-hydrogen) atoms. The molecule has 3 rings (SSSR count). The molecule has 5 nitrogen and oxygen atoms in total. The van der Waals surface area contributed by atoms with E-state index >= 15 is 0 Å². The Labute approximate surface area is 123 Å². The van der Waals surface area contributed by atoms with E-state index in [0.717, 1.165) is 30.9 Å². The topological polar surface area (TPSA) is 67.4 Å². The van der Waals surface area contributed by atoms with Crippen LogP contribution < -0.4 is 10.0 Å². The fraction of sp³-hybridized carbons (Fsp3) is 0.692. The molecule has 0 radical (unpaired) electrons. The fourth-order valence-corrected chi connectivity index (χ4v) is 4.63. The first-order valence-electron chi connectivity index (χ1n) is 7.07. The molecule has 1 aliphatic heterocycles. The van der Waals surface area contributed by atoms with E-state index in [1.165, 1.54) is 24.2 Å². The van der Waals surface area contributed by atoms with Gasteiger partial charge in [-0.15, -0.1) is 11.3 Å². The first-order chi connectivity index (χ1) is 9.63. The van der Waals surface area contributed by atoms with Crippen molar-refractivity contribution in [2.45, 2.75) is 48.6 Å². The zero-order valence-corrected chi connectivity index (χ0v) is 12.9. The summed E-state index contributed by atoms with van der Waals surface area (Å²) >= 11 is 1.34. The molecule has 1 aromatic heterocycles. The predicted octanol–water partition coefficient (Wildman–Crippen LogP) is 1.46. The third kappa shape index (κ3) is 3.79. The highest BCUT2D eigenvalue weighted by Crippen LogP contribution is 2.24. The number of thiophene rings is 1. The molecule has 1 atom stereocenters. The molecule has 1 unspecified atom stereocenters. The van der Waals surface area contributed by atoms with Gasteiger partial charge in [-0.2, -0.15) is 0 Å². The zero-order chi connectivity index (χ0) is 14.0. The van der Waals surface area contributed by atoms with E-state index in [9.17, 15) is 8.42 Å². The average Bonchev–Trinajstić information content (AvgIpc) is 2.94. The van der Waals surface area contributed by atoms with Gasteiger partial charge in [-0.3, -0.25) is 0 Å². The normalized spacial score (nSPS) is 23.3. The summed E-state index contributed by atoms with van der Waals surface area (Å²) in [5.74, 6) is 0. The Morgan fingerprint density at radius 3 is 2.85 bits per heavy atom. The van der Waals surface area contributed by atoms with Gasteiger partial charge in [-0.25, -0.2) is 13.1 Å². The van der Waals surface area contributed by atoms with Crippen molar-refractivity contribution in [2.24, 2.45) is 0 Å². The smallest absolute Gasteiger partial charge is 0.250 e. The van der Waals surface area contributed by atoms with Crippen molar-refractivity contribution in [2.75, 3.05) is 13.2 Å². The monoisotopic (exact) mass is 316 g/mol. The van der Waals surface area contributed by atoms with E-state index in [0.29, 0.717) is 16.8 Å². The molecule has 1 saturated heterocycles. The summed E-state index contributed by atoms with van der Waals surface area (Å²) in [4.78, 5) is 1.06. The quantitative estimate of drug-likeness (QED) is 0.799. The lowest BCUT2D eigenvalue weighted by Gasteiger charge is -2.10. The fourth-order valence-electron chi connectivity index (χ4n) is 2.21. The van der Waals surface area contributed by atoms with E-state index in [1.807, 2.05) is 6.07 Å². The van der Waals surface area contributed by atoms with Gasteiger partial charge in [0.05, 0.1) is 6.10 Å². The highest BCUT2D eigenvalue weighted by Gasteiger charge is 2.23. The molecular formula is C13H20N2O3S2. The zero-order valence-electron chi connectivity index (χ0n) is 11.3. The van der Waals surface area contributed by atoms with Crippen LogP contribution in [0.5, 0.6) is 0 Å². The largest absolute Gasteiger partial charge is 0.377 e. The van der Waals surface area contributed by atoms with Crippen molar-refractivity contribution < 1.29 is 13.2 Å². The van der Waals surface area contributed by atoms with Gasteiger partial charge in [-0.05, 0) is 37.8 Å². The Kier molecular flexibility index (Phi) is 4.42. The van der Waals surface area contributed by atoms with Gasteiger partial charge in [-0.1, -0.05) is 0 Å². The molecule has 2 heterocycles. The maximum absolute atomic E-state index is 12.2. The Morgan fingerprint density at radius 2 is 2.15 bits per heavy atom. The average molecular weight is 316 g/mol. The van der Waals surface area contributed by atoms with Crippen LogP contribution in [0.25, 0.3) is 0 Å². The van der Waals surface area contributed by atoms with Gasteiger partial charge in [0.25, 0.3) is 0 Å². The molecule has 112 valence electrons. The van der Waals surface area contributed by atoms with E-state index in [-0.39, 0.29) is 6.10 Å². The first kappa shape index (κ1) is 14.5. The Hall–Kier alpha value is -0.470. The number of rotatable bonds is 7. The van der Waals surface area contributed by atoms with Gasteiger partial charge >= 0.3 is 0 Å². The van der Waals surface area contributed by atoms with Crippen LogP contribution in [0.4, 0.5) is 0 Å². The Balaban J connectivity index is 1.55. The second kappa shape index (κ2) is 6.11. The van der Waals surface area contributed by atoms with Crippen molar-refractivity contribution in [1.82, 2.24) is 10.0 Å². The van der Waals surface area contributed by atoms with Crippen LogP contribution >= 0.6 is 11.3 Å². The van der Waals surface area contributed by atoms with Gasteiger partial charge in [0.1, 0.15) is 4.21 Å². The molecule has 0 bridgehead atoms. The van der Waals surface area contributed by atoms with Gasteiger partial charge in [0.15, 0.2) is 0 Å². The molecule has 2 N–H and O–H groups in total. The van der Waals surface area contributed by atoms with E-state index in [2.05, 4.69) is 10.0 Å². The van der Waals surface area contributed by atoms with Crippen LogP contribution in [0.2, 0.25) is 0 Å². The maximum Gasteiger partial charge on any atom is 0.250 e. The van der Waals surface area contributed by atoms with Gasteiger partial charge < -0.3 is 10.1 Å². The van der Waals surface area contributed by atoms with E-state index in [4.69, 9.17) is 4.74 Å². The second-order valence-corrected chi connectivity index (χ2v) is 8.52. The van der Waals surface area contributed by atoms with Crippen molar-refractivity contribution in [3.63, 3.8) is 0 Å². The van der Waals surface area contributed by atoms with Crippen molar-refractivity contribution in [3.05, 3.63) is 17.0 Å². The molecule has 0 amide bonds. The van der Waals surface area contributed by atoms with Crippen LogP contribution in [-0.2, 0) is 21.3 Å². The standard InChI is InChI=1S/C13H20N2O3S2/c16-20(17,15-8-11-2-1-7-18-11)13-6-5-12(19-13)9-14-10-3-4-10/h5-6,10-11,14-15H,1-4,7-9H2. The number of hydrogen-bond donors (Lipinski definition) is 2. The number of sulfonamides is 1. The van der Waals surface area contributed by atoms with Crippen LogP contribution in [0.15, 0.2) is 16.3 Å². The van der Waals surface area contributed by atoms with Crippen molar-refractivity contribution in [3.8, 4) is 0 Å². The minimum Gasteiger partial charge on any atom is -0.377 e. The molecule has 1 aliphatic carbocycles. The minimum atomic E-state index is -3.39. The minimum absolute atomic E-state index is 0.0285. The third-order valence-electron chi connectivity index (χ3n) is 3.57. The highest BCUT2D eigenvalue weighted by atomic mass is 32.2. The summed E-state index contributed by atoms with van der Waals surface area (Å²) in [5, 5.41) is 3.39. The SMILES string of the molecule is O=S(=O)(NCC1CCCO1)c1ccc(CNC2CC2)s1. The lowest BCUT2D eigenvalue weighted by Crippen LogP contribution is -2.31. The molecule has 0 spiro atoms. The van der Waals surface area contributed by atoms with E-state index < -0.39 is 10.0 Å². The third-order valence-corrected chi connectivity index (χ3v) is 6.57. The number of ether oxygens (including phenoxy) is 1. The van der Waals surface area contributed by atoms with Crippen LogP contribution in [0, 0.1) is 0 Å². The summed E-state index contributed by atoms with van der Waals surface area (Å²) in [6.07, 6.45) is 4.45. The molecule has 1 aromatic rings. The molecule has 2 aliphatic rings. The number of nitrogens with one attached hydrogen (secondary N) is 2. The maximum atomic E-state index is 12.2. The lowest BCUT2D eigenvalue weighted by atomic mass is 10.2. The lowest BCUT2D eigenvalue weighted by molar-refractivity contribution is 0.114. The summed E-state index contributed by atoms with van der Waals surface area (Å²) in [7, 11) is -3.39. The number of hydrogen-bond acceptors (Lipinski definition) is 5. The predicted molar refractivity (Wildman–Crippen MR) is 78.3 cm³/mol. The van der Waals surface area contributed by atoms with Crippen molar-refractivity contribution >= 4 is 21.4 Å². The second-order valence-electron chi connectivity index (χ2n) is 5.36. The Bertz CT molecular complexity index is 546. The van der Waals surface area contributed by atoms with Crippen molar-refractivity contribution in [1.29, 1.82) is 0 Å². The summed E-state index contributed by atoms with van der Waals surface area (Å²) in [5.41, 5.74) is 0. The van der Waals surface area contributed by atoms with Crippen LogP contribution in [0.3, 0.4) is 0 Å². The highest BCUT2D eigenvalue weighted by molar-refractivity contribution is 7.91. The Morgan fingerprint density at radius 1 is 1.30 bits per heavy atom. The molecule has 0 aromatic carbocycles. The van der Waals surface area contributed by atoms with Gasteiger partial charge in [0, 0.05) is 30.6 Å². The molecule has 2 fully saturated rings. The summed E-state index contributed by atoms with van der Waals surface area (Å²) in [6.45, 7) is 1.87. The molecule has 1 saturated carbocycles. The van der Waals surface area contributed by atoms with Crippen LogP contribution in [-0.4, -0.2) is 33.7 Å². The van der Waals surface area contributed by atoms with Crippen LogP contribution in [0.1, 0.15) is 30.6 Å². The molecular weight excluding hydrogens is 296 g/mol. The van der Waals surface area contributed by atoms with E-state index in [1.54, 1.807) is 6.07 Å².